The summed E-state index contributed by atoms with van der Waals surface area (Å²) in [5, 5.41) is 12.4. The highest BCUT2D eigenvalue weighted by Gasteiger charge is 2.45. The number of nitrogens with zero attached hydrogens (tertiary/aromatic N) is 1. The van der Waals surface area contributed by atoms with E-state index >= 15 is 0 Å². The van der Waals surface area contributed by atoms with Crippen molar-refractivity contribution in [2.75, 3.05) is 13.2 Å². The second-order valence-electron chi connectivity index (χ2n) is 8.09. The van der Waals surface area contributed by atoms with Crippen molar-refractivity contribution in [1.29, 1.82) is 0 Å². The quantitative estimate of drug-likeness (QED) is 0.738. The summed E-state index contributed by atoms with van der Waals surface area (Å²) >= 11 is 0. The minimum atomic E-state index is -0.812. The largest absolute Gasteiger partial charge is 0.508 e. The first-order valence-electron chi connectivity index (χ1n) is 10.6. The van der Waals surface area contributed by atoms with Crippen molar-refractivity contribution in [1.82, 2.24) is 10.2 Å². The van der Waals surface area contributed by atoms with Gasteiger partial charge in [0.15, 0.2) is 5.78 Å². The van der Waals surface area contributed by atoms with Gasteiger partial charge in [-0.3, -0.25) is 14.4 Å². The highest BCUT2D eigenvalue weighted by molar-refractivity contribution is 5.95. The molecule has 2 fully saturated rings. The maximum Gasteiger partial charge on any atom is 0.246 e. The number of phenols is 1. The average Bonchev–Trinajstić information content (AvgIpc) is 3.16. The number of piperidine rings is 1. The van der Waals surface area contributed by atoms with E-state index in [-0.39, 0.29) is 48.9 Å². The summed E-state index contributed by atoms with van der Waals surface area (Å²) in [7, 11) is 0. The Morgan fingerprint density at radius 3 is 2.58 bits per heavy atom. The van der Waals surface area contributed by atoms with E-state index in [0.29, 0.717) is 6.54 Å². The van der Waals surface area contributed by atoms with Gasteiger partial charge < -0.3 is 20.1 Å². The smallest absolute Gasteiger partial charge is 0.246 e. The minimum absolute atomic E-state index is 0.0299. The van der Waals surface area contributed by atoms with E-state index in [9.17, 15) is 19.5 Å². The Balaban J connectivity index is 1.53. The molecule has 2 amide bonds. The summed E-state index contributed by atoms with van der Waals surface area (Å²) in [6.45, 7) is 0.498. The molecule has 2 aromatic carbocycles. The van der Waals surface area contributed by atoms with Gasteiger partial charge >= 0.3 is 0 Å². The van der Waals surface area contributed by atoms with Gasteiger partial charge in [-0.2, -0.15) is 0 Å². The fraction of sp³-hybridized carbons (Fsp3) is 0.375. The summed E-state index contributed by atoms with van der Waals surface area (Å²) in [6.07, 6.45) is 1.67. The Morgan fingerprint density at radius 1 is 1.10 bits per heavy atom. The molecule has 2 aliphatic rings. The van der Waals surface area contributed by atoms with Crippen LogP contribution in [-0.2, 0) is 32.0 Å². The van der Waals surface area contributed by atoms with Gasteiger partial charge in [0.25, 0.3) is 0 Å². The lowest BCUT2D eigenvalue weighted by molar-refractivity contribution is -0.144. The van der Waals surface area contributed by atoms with Crippen LogP contribution in [0.5, 0.6) is 5.75 Å². The number of rotatable bonds is 6. The van der Waals surface area contributed by atoms with Gasteiger partial charge in [-0.1, -0.05) is 42.5 Å². The van der Waals surface area contributed by atoms with Crippen molar-refractivity contribution in [3.8, 4) is 5.75 Å². The minimum Gasteiger partial charge on any atom is -0.508 e. The summed E-state index contributed by atoms with van der Waals surface area (Å²) in [4.78, 5) is 40.2. The normalized spacial score (nSPS) is 21.4. The van der Waals surface area contributed by atoms with Gasteiger partial charge in [0.05, 0.1) is 12.5 Å². The van der Waals surface area contributed by atoms with Crippen molar-refractivity contribution < 1.29 is 24.2 Å². The highest BCUT2D eigenvalue weighted by atomic mass is 16.5. The van der Waals surface area contributed by atoms with Crippen molar-refractivity contribution >= 4 is 17.6 Å². The van der Waals surface area contributed by atoms with Crippen molar-refractivity contribution in [2.24, 2.45) is 0 Å². The number of nitrogens with one attached hydrogen (secondary N) is 1. The molecular formula is C24H26N2O5. The monoisotopic (exact) mass is 422 g/mol. The van der Waals surface area contributed by atoms with Crippen LogP contribution in [0, 0.1) is 0 Å². The van der Waals surface area contributed by atoms with Crippen LogP contribution < -0.4 is 5.32 Å². The van der Waals surface area contributed by atoms with Crippen LogP contribution in [0.4, 0.5) is 0 Å². The van der Waals surface area contributed by atoms with Gasteiger partial charge in [-0.05, 0) is 36.1 Å². The zero-order valence-electron chi connectivity index (χ0n) is 17.2. The highest BCUT2D eigenvalue weighted by Crippen LogP contribution is 2.27. The molecule has 2 N–H and O–H groups in total. The molecule has 0 radical (unpaired) electrons. The first-order chi connectivity index (χ1) is 15.0. The van der Waals surface area contributed by atoms with Gasteiger partial charge in [0.2, 0.25) is 11.8 Å². The summed E-state index contributed by atoms with van der Waals surface area (Å²) in [5.41, 5.74) is 1.66. The van der Waals surface area contributed by atoms with E-state index in [0.717, 1.165) is 24.0 Å². The summed E-state index contributed by atoms with van der Waals surface area (Å²) in [5.74, 6) is -0.488. The van der Waals surface area contributed by atoms with Crippen LogP contribution in [0.1, 0.15) is 24.0 Å². The van der Waals surface area contributed by atoms with Crippen LogP contribution >= 0.6 is 0 Å². The molecule has 0 saturated carbocycles. The first-order valence-corrected chi connectivity index (χ1v) is 10.6. The Kier molecular flexibility index (Phi) is 6.32. The molecule has 2 heterocycles. The van der Waals surface area contributed by atoms with Gasteiger partial charge in [-0.15, -0.1) is 0 Å². The molecule has 7 nitrogen and oxygen atoms in total. The second-order valence-corrected chi connectivity index (χ2v) is 8.09. The lowest BCUT2D eigenvalue weighted by Gasteiger charge is -2.37. The van der Waals surface area contributed by atoms with Crippen LogP contribution in [0.25, 0.3) is 0 Å². The van der Waals surface area contributed by atoms with E-state index in [1.54, 1.807) is 29.2 Å². The zero-order chi connectivity index (χ0) is 21.8. The second kappa shape index (κ2) is 9.31. The van der Waals surface area contributed by atoms with Crippen molar-refractivity contribution in [2.45, 2.75) is 43.9 Å². The lowest BCUT2D eigenvalue weighted by Crippen LogP contribution is -2.58. The number of phenolic OH excluding ortho intramolecular Hbond substituents is 1. The molecule has 0 aromatic heterocycles. The Bertz CT molecular complexity index is 944. The molecule has 3 atom stereocenters. The Labute approximate surface area is 181 Å². The number of amides is 2. The average molecular weight is 422 g/mol. The lowest BCUT2D eigenvalue weighted by atomic mass is 9.95. The van der Waals surface area contributed by atoms with Crippen LogP contribution in [0.2, 0.25) is 0 Å². The predicted molar refractivity (Wildman–Crippen MR) is 113 cm³/mol. The molecule has 0 aliphatic carbocycles. The molecule has 7 heteroatoms. The number of benzene rings is 2. The molecule has 2 saturated heterocycles. The maximum absolute atomic E-state index is 13.5. The summed E-state index contributed by atoms with van der Waals surface area (Å²) in [6, 6.07) is 14.5. The molecule has 0 bridgehead atoms. The number of likely N-dealkylation sites (tertiary alicyclic amines) is 1. The van der Waals surface area contributed by atoms with E-state index < -0.39 is 12.1 Å². The number of ether oxygens (including phenoxy) is 1. The standard InChI is InChI=1S/C24H26N2O5/c27-18-10-8-17(9-11-18)13-19(25-22(29)14-16-5-2-1-3-6-16)24(30)26-12-4-7-21-23(26)20(28)15-31-21/h1-3,5-6,8-11,19,21,23,27H,4,7,12-15H2,(H,25,29). The van der Waals surface area contributed by atoms with Crippen molar-refractivity contribution in [3.63, 3.8) is 0 Å². The number of Topliss-reactive ketones (excluding diaryl/α,β-unsaturated/α-hetero) is 1. The van der Waals surface area contributed by atoms with Crippen LogP contribution in [0.3, 0.4) is 0 Å². The number of fused-ring (bicyclic) bond motifs is 1. The zero-order valence-corrected chi connectivity index (χ0v) is 17.2. The first kappa shape index (κ1) is 21.1. The number of carbonyl (C=O) groups excluding carboxylic acids is 3. The van der Waals surface area contributed by atoms with Gasteiger partial charge in [0, 0.05) is 13.0 Å². The predicted octanol–water partition coefficient (Wildman–Crippen LogP) is 1.62. The topological polar surface area (TPSA) is 95.9 Å². The molecule has 162 valence electrons. The fourth-order valence-electron chi connectivity index (χ4n) is 4.33. The van der Waals surface area contributed by atoms with E-state index in [2.05, 4.69) is 5.32 Å². The number of hydrogen-bond donors (Lipinski definition) is 2. The van der Waals surface area contributed by atoms with E-state index in [1.165, 1.54) is 0 Å². The number of aromatic hydroxyl groups is 1. The van der Waals surface area contributed by atoms with Crippen LogP contribution in [-0.4, -0.2) is 58.9 Å². The summed E-state index contributed by atoms with van der Waals surface area (Å²) < 4.78 is 5.56. The molecule has 3 unspecified atom stereocenters. The number of carbonyl (C=O) groups is 3. The van der Waals surface area contributed by atoms with Crippen LogP contribution in [0.15, 0.2) is 54.6 Å². The molecular weight excluding hydrogens is 396 g/mol. The van der Waals surface area contributed by atoms with Gasteiger partial charge in [0.1, 0.15) is 24.4 Å². The SMILES string of the molecule is O=C(Cc1ccccc1)NC(Cc1ccc(O)cc1)C(=O)N1CCCC2OCC(=O)C21. The van der Waals surface area contributed by atoms with E-state index in [4.69, 9.17) is 4.74 Å². The van der Waals surface area contributed by atoms with Crippen molar-refractivity contribution in [3.05, 3.63) is 65.7 Å². The molecule has 2 aliphatic heterocycles. The third-order valence-electron chi connectivity index (χ3n) is 5.85. The van der Waals surface area contributed by atoms with Gasteiger partial charge in [-0.25, -0.2) is 0 Å². The fourth-order valence-corrected chi connectivity index (χ4v) is 4.33. The Hall–Kier alpha value is -3.19. The maximum atomic E-state index is 13.5. The number of ketones is 1. The number of hydrogen-bond acceptors (Lipinski definition) is 5. The van der Waals surface area contributed by atoms with E-state index in [1.807, 2.05) is 30.3 Å². The Morgan fingerprint density at radius 2 is 1.84 bits per heavy atom. The molecule has 4 rings (SSSR count). The molecule has 0 spiro atoms. The third kappa shape index (κ3) is 4.94. The molecule has 31 heavy (non-hydrogen) atoms. The molecule has 2 aromatic rings. The third-order valence-corrected chi connectivity index (χ3v) is 5.85.